The van der Waals surface area contributed by atoms with Crippen LogP contribution in [-0.2, 0) is 5.41 Å². The van der Waals surface area contributed by atoms with Gasteiger partial charge in [-0.05, 0) is 97.3 Å². The average Bonchev–Trinajstić information content (AvgIpc) is 2.79. The molecule has 2 aromatic carbocycles. The van der Waals surface area contributed by atoms with E-state index in [4.69, 9.17) is 9.47 Å². The first-order chi connectivity index (χ1) is 17.4. The highest BCUT2D eigenvalue weighted by Gasteiger charge is 2.71. The lowest BCUT2D eigenvalue weighted by atomic mass is 9.30. The number of ether oxygens (including phenoxy) is 2. The number of rotatable bonds is 5. The SMILES string of the molecule is Cc1ccc(C2C3CC4(C(C)C)CC2(c2ccc(C)cc2OC#N)CC(C(C)(C)C)(C3)C4)c(OC#N)c1. The van der Waals surface area contributed by atoms with Gasteiger partial charge in [-0.3, -0.25) is 0 Å². The highest BCUT2D eigenvalue weighted by molar-refractivity contribution is 5.52. The lowest BCUT2D eigenvalue weighted by Crippen LogP contribution is -2.66. The normalized spacial score (nSPS) is 32.2. The Morgan fingerprint density at radius 3 is 2.11 bits per heavy atom. The quantitative estimate of drug-likeness (QED) is 0.390. The molecule has 4 aliphatic rings. The van der Waals surface area contributed by atoms with Crippen molar-refractivity contribution >= 4 is 0 Å². The fourth-order valence-electron chi connectivity index (χ4n) is 8.99. The van der Waals surface area contributed by atoms with Gasteiger partial charge >= 0.3 is 0 Å². The molecule has 0 aromatic heterocycles. The van der Waals surface area contributed by atoms with E-state index in [1.165, 1.54) is 19.3 Å². The van der Waals surface area contributed by atoms with E-state index in [0.29, 0.717) is 23.3 Å². The smallest absolute Gasteiger partial charge is 0.292 e. The second-order valence-electron chi connectivity index (χ2n) is 13.8. The molecule has 0 saturated heterocycles. The van der Waals surface area contributed by atoms with Gasteiger partial charge in [-0.2, -0.15) is 0 Å². The van der Waals surface area contributed by atoms with E-state index in [-0.39, 0.29) is 27.6 Å². The van der Waals surface area contributed by atoms with Crippen molar-refractivity contribution in [3.63, 3.8) is 0 Å². The summed E-state index contributed by atoms with van der Waals surface area (Å²) in [5.41, 5.74) is 4.77. The van der Waals surface area contributed by atoms with Gasteiger partial charge in [0, 0.05) is 22.5 Å². The predicted molar refractivity (Wildman–Crippen MR) is 145 cm³/mol. The zero-order valence-electron chi connectivity index (χ0n) is 23.4. The maximum atomic E-state index is 9.63. The molecule has 37 heavy (non-hydrogen) atoms. The van der Waals surface area contributed by atoms with E-state index in [2.05, 4.69) is 65.8 Å². The number of hydrogen-bond donors (Lipinski definition) is 0. The molecule has 194 valence electrons. The van der Waals surface area contributed by atoms with Crippen LogP contribution in [-0.4, -0.2) is 0 Å². The third-order valence-corrected chi connectivity index (χ3v) is 10.7. The Balaban J connectivity index is 1.84. The molecule has 0 radical (unpaired) electrons. The summed E-state index contributed by atoms with van der Waals surface area (Å²) in [7, 11) is 0. The molecule has 4 fully saturated rings. The Hall–Kier alpha value is -2.98. The molecule has 0 N–H and O–H groups in total. The standard InChI is InChI=1S/C33H40N2O2/c1-21(2)31-14-24-15-32(16-31,30(5,6)7)18-33(17-31,26-11-9-23(4)13-28(26)37-20-35)29(24)25-10-8-22(3)12-27(25)36-19-34/h8-13,21,24,29H,14-18H2,1-7H3. The largest absolute Gasteiger partial charge is 0.388 e. The van der Waals surface area contributed by atoms with Crippen molar-refractivity contribution in [2.45, 2.75) is 91.9 Å². The molecule has 0 heterocycles. The molecule has 6 rings (SSSR count). The summed E-state index contributed by atoms with van der Waals surface area (Å²) in [6.07, 6.45) is 9.66. The summed E-state index contributed by atoms with van der Waals surface area (Å²) >= 11 is 0. The minimum absolute atomic E-state index is 0.142. The van der Waals surface area contributed by atoms with Gasteiger partial charge in [0.15, 0.2) is 0 Å². The van der Waals surface area contributed by atoms with Crippen molar-refractivity contribution in [2.24, 2.45) is 28.1 Å². The van der Waals surface area contributed by atoms with Crippen molar-refractivity contribution in [3.05, 3.63) is 58.7 Å². The molecule has 5 atom stereocenters. The van der Waals surface area contributed by atoms with Crippen LogP contribution in [0.15, 0.2) is 36.4 Å². The van der Waals surface area contributed by atoms with Gasteiger partial charge in [-0.1, -0.05) is 58.9 Å². The minimum Gasteiger partial charge on any atom is -0.388 e. The molecule has 4 heteroatoms. The van der Waals surface area contributed by atoms with Crippen LogP contribution in [0.5, 0.6) is 11.5 Å². The number of aryl methyl sites for hydroxylation is 2. The van der Waals surface area contributed by atoms with Crippen LogP contribution in [0, 0.1) is 65.0 Å². The van der Waals surface area contributed by atoms with E-state index in [9.17, 15) is 10.5 Å². The van der Waals surface area contributed by atoms with Gasteiger partial charge in [0.05, 0.1) is 0 Å². The third kappa shape index (κ3) is 3.75. The topological polar surface area (TPSA) is 66.0 Å². The molecular formula is C33H40N2O2. The lowest BCUT2D eigenvalue weighted by Gasteiger charge is -2.74. The van der Waals surface area contributed by atoms with Gasteiger partial charge in [0.25, 0.3) is 12.5 Å². The summed E-state index contributed by atoms with van der Waals surface area (Å²) in [5, 5.41) is 19.2. The van der Waals surface area contributed by atoms with Crippen LogP contribution in [0.25, 0.3) is 0 Å². The minimum atomic E-state index is -0.223. The fraction of sp³-hybridized carbons (Fsp3) is 0.576. The monoisotopic (exact) mass is 496 g/mol. The number of hydrogen-bond acceptors (Lipinski definition) is 4. The summed E-state index contributed by atoms with van der Waals surface area (Å²) in [4.78, 5) is 0. The molecule has 0 spiro atoms. The van der Waals surface area contributed by atoms with Gasteiger partial charge in [0.1, 0.15) is 11.5 Å². The molecular weight excluding hydrogens is 456 g/mol. The Kier molecular flexibility index (Phi) is 5.91. The number of nitrogens with zero attached hydrogens (tertiary/aromatic N) is 2. The summed E-state index contributed by atoms with van der Waals surface area (Å²) in [5.74, 6) is 2.56. The fourth-order valence-corrected chi connectivity index (χ4v) is 8.99. The lowest BCUT2D eigenvalue weighted by molar-refractivity contribution is -0.195. The average molecular weight is 497 g/mol. The number of nitriles is 2. The maximum Gasteiger partial charge on any atom is 0.292 e. The van der Waals surface area contributed by atoms with Crippen molar-refractivity contribution < 1.29 is 9.47 Å². The van der Waals surface area contributed by atoms with Gasteiger partial charge < -0.3 is 9.47 Å². The predicted octanol–water partition coefficient (Wildman–Crippen LogP) is 8.33. The zero-order valence-corrected chi connectivity index (χ0v) is 23.4. The first-order valence-corrected chi connectivity index (χ1v) is 13.7. The van der Waals surface area contributed by atoms with Crippen LogP contribution >= 0.6 is 0 Å². The molecule has 4 aliphatic carbocycles. The summed E-state index contributed by atoms with van der Waals surface area (Å²) in [6, 6.07) is 12.8. The summed E-state index contributed by atoms with van der Waals surface area (Å²) < 4.78 is 11.4. The van der Waals surface area contributed by atoms with E-state index in [1.807, 2.05) is 31.6 Å². The molecule has 0 aliphatic heterocycles. The maximum absolute atomic E-state index is 9.63. The van der Waals surface area contributed by atoms with E-state index in [0.717, 1.165) is 35.1 Å². The van der Waals surface area contributed by atoms with Gasteiger partial charge in [0.2, 0.25) is 0 Å². The van der Waals surface area contributed by atoms with Crippen LogP contribution in [0.1, 0.15) is 94.9 Å². The van der Waals surface area contributed by atoms with Gasteiger partial charge in [-0.25, -0.2) is 0 Å². The zero-order chi connectivity index (χ0) is 26.8. The first-order valence-electron chi connectivity index (χ1n) is 13.7. The molecule has 0 amide bonds. The van der Waals surface area contributed by atoms with E-state index in [1.54, 1.807) is 0 Å². The van der Waals surface area contributed by atoms with Crippen molar-refractivity contribution in [2.75, 3.05) is 0 Å². The Morgan fingerprint density at radius 2 is 1.49 bits per heavy atom. The van der Waals surface area contributed by atoms with Crippen molar-refractivity contribution in [3.8, 4) is 24.0 Å². The van der Waals surface area contributed by atoms with Crippen LogP contribution in [0.4, 0.5) is 0 Å². The van der Waals surface area contributed by atoms with Crippen LogP contribution in [0.2, 0.25) is 0 Å². The highest BCUT2D eigenvalue weighted by Crippen LogP contribution is 2.79. The Morgan fingerprint density at radius 1 is 0.865 bits per heavy atom. The van der Waals surface area contributed by atoms with Crippen molar-refractivity contribution in [1.82, 2.24) is 0 Å². The van der Waals surface area contributed by atoms with Crippen LogP contribution < -0.4 is 9.47 Å². The number of benzene rings is 2. The van der Waals surface area contributed by atoms with Crippen LogP contribution in [0.3, 0.4) is 0 Å². The van der Waals surface area contributed by atoms with Gasteiger partial charge in [-0.15, -0.1) is 10.5 Å². The summed E-state index contributed by atoms with van der Waals surface area (Å²) in [6.45, 7) is 16.2. The molecule has 2 aromatic rings. The Bertz CT molecular complexity index is 1310. The first kappa shape index (κ1) is 25.7. The molecule has 4 bridgehead atoms. The van der Waals surface area contributed by atoms with E-state index >= 15 is 0 Å². The van der Waals surface area contributed by atoms with Crippen molar-refractivity contribution in [1.29, 1.82) is 10.5 Å². The molecule has 5 unspecified atom stereocenters. The molecule has 4 saturated carbocycles. The second-order valence-corrected chi connectivity index (χ2v) is 13.8. The highest BCUT2D eigenvalue weighted by atomic mass is 16.5. The molecule has 4 nitrogen and oxygen atoms in total. The second kappa shape index (κ2) is 8.52. The third-order valence-electron chi connectivity index (χ3n) is 10.7. The Labute approximate surface area is 222 Å². The van der Waals surface area contributed by atoms with E-state index < -0.39 is 0 Å².